The van der Waals surface area contributed by atoms with Crippen molar-refractivity contribution in [3.8, 4) is 0 Å². The summed E-state index contributed by atoms with van der Waals surface area (Å²) in [6.07, 6.45) is 3.60. The highest BCUT2D eigenvalue weighted by Crippen LogP contribution is 2.27. The van der Waals surface area contributed by atoms with Gasteiger partial charge in [-0.15, -0.1) is 0 Å². The summed E-state index contributed by atoms with van der Waals surface area (Å²) in [6.45, 7) is 6.04. The minimum absolute atomic E-state index is 0.0632. The predicted octanol–water partition coefficient (Wildman–Crippen LogP) is 3.01. The van der Waals surface area contributed by atoms with E-state index < -0.39 is 6.04 Å². The van der Waals surface area contributed by atoms with Crippen LogP contribution in [0.15, 0.2) is 28.7 Å². The summed E-state index contributed by atoms with van der Waals surface area (Å²) in [6, 6.07) is 7.81. The Morgan fingerprint density at radius 3 is 2.88 bits per heavy atom. The molecule has 1 aliphatic rings. The Morgan fingerprint density at radius 1 is 1.40 bits per heavy atom. The van der Waals surface area contributed by atoms with E-state index in [2.05, 4.69) is 51.4 Å². The second kappa shape index (κ2) is 9.92. The Hall–Kier alpha value is -1.40. The zero-order valence-electron chi connectivity index (χ0n) is 15.1. The predicted molar refractivity (Wildman–Crippen MR) is 103 cm³/mol. The van der Waals surface area contributed by atoms with Gasteiger partial charge < -0.3 is 10.6 Å². The van der Waals surface area contributed by atoms with Crippen LogP contribution in [0.5, 0.6) is 0 Å². The molecule has 1 fully saturated rings. The molecule has 1 aromatic rings. The van der Waals surface area contributed by atoms with E-state index in [9.17, 15) is 9.59 Å². The van der Waals surface area contributed by atoms with E-state index in [4.69, 9.17) is 0 Å². The van der Waals surface area contributed by atoms with E-state index in [-0.39, 0.29) is 17.9 Å². The number of benzene rings is 1. The lowest BCUT2D eigenvalue weighted by Crippen LogP contribution is -2.49. The van der Waals surface area contributed by atoms with Gasteiger partial charge in [-0.25, -0.2) is 0 Å². The standard InChI is InChI=1S/C19H28BrN3O2/c1-3-12-23(14(2)15-8-4-5-9-16(15)20)13-18(24)22-17-10-6-7-11-21-19(17)25/h4-5,8-9,14,17H,3,6-7,10-13H2,1-2H3,(H,21,25)(H,22,24). The highest BCUT2D eigenvalue weighted by atomic mass is 79.9. The first-order chi connectivity index (χ1) is 12.0. The van der Waals surface area contributed by atoms with Crippen LogP contribution in [0.3, 0.4) is 0 Å². The summed E-state index contributed by atoms with van der Waals surface area (Å²) >= 11 is 3.60. The molecular formula is C19H28BrN3O2. The molecule has 5 nitrogen and oxygen atoms in total. The molecule has 138 valence electrons. The summed E-state index contributed by atoms with van der Waals surface area (Å²) in [5.41, 5.74) is 1.16. The second-order valence-corrected chi connectivity index (χ2v) is 7.43. The minimum Gasteiger partial charge on any atom is -0.354 e. The molecule has 0 radical (unpaired) electrons. The van der Waals surface area contributed by atoms with E-state index in [1.54, 1.807) is 0 Å². The van der Waals surface area contributed by atoms with Gasteiger partial charge in [0.25, 0.3) is 0 Å². The van der Waals surface area contributed by atoms with Crippen LogP contribution in [0.25, 0.3) is 0 Å². The molecule has 25 heavy (non-hydrogen) atoms. The Balaban J connectivity index is 2.01. The van der Waals surface area contributed by atoms with E-state index in [0.717, 1.165) is 35.8 Å². The molecule has 2 atom stereocenters. The highest BCUT2D eigenvalue weighted by molar-refractivity contribution is 9.10. The molecule has 2 N–H and O–H groups in total. The van der Waals surface area contributed by atoms with Crippen molar-refractivity contribution in [1.29, 1.82) is 0 Å². The van der Waals surface area contributed by atoms with E-state index in [0.29, 0.717) is 19.5 Å². The normalized spacial score (nSPS) is 19.2. The molecule has 1 heterocycles. The van der Waals surface area contributed by atoms with Crippen LogP contribution in [0.2, 0.25) is 0 Å². The van der Waals surface area contributed by atoms with Crippen molar-refractivity contribution in [1.82, 2.24) is 15.5 Å². The molecule has 0 aromatic heterocycles. The fourth-order valence-corrected chi connectivity index (χ4v) is 3.83. The monoisotopic (exact) mass is 409 g/mol. The van der Waals surface area contributed by atoms with Crippen molar-refractivity contribution in [2.45, 2.75) is 51.6 Å². The molecule has 6 heteroatoms. The maximum atomic E-state index is 12.5. The maximum Gasteiger partial charge on any atom is 0.242 e. The summed E-state index contributed by atoms with van der Waals surface area (Å²) in [5.74, 6) is -0.152. The quantitative estimate of drug-likeness (QED) is 0.727. The zero-order valence-corrected chi connectivity index (χ0v) is 16.6. The lowest BCUT2D eigenvalue weighted by atomic mass is 10.1. The minimum atomic E-state index is -0.405. The van der Waals surface area contributed by atoms with Gasteiger partial charge in [0.2, 0.25) is 11.8 Å². The summed E-state index contributed by atoms with van der Waals surface area (Å²) in [4.78, 5) is 26.7. The molecule has 0 bridgehead atoms. The smallest absolute Gasteiger partial charge is 0.242 e. The maximum absolute atomic E-state index is 12.5. The van der Waals surface area contributed by atoms with Crippen LogP contribution < -0.4 is 10.6 Å². The number of rotatable bonds is 7. The van der Waals surface area contributed by atoms with Crippen LogP contribution in [0.4, 0.5) is 0 Å². The molecule has 0 spiro atoms. The summed E-state index contributed by atoms with van der Waals surface area (Å²) in [5, 5.41) is 5.78. The number of nitrogens with one attached hydrogen (secondary N) is 2. The zero-order chi connectivity index (χ0) is 18.2. The van der Waals surface area contributed by atoms with Crippen molar-refractivity contribution >= 4 is 27.7 Å². The average molecular weight is 410 g/mol. The van der Waals surface area contributed by atoms with E-state index in [1.165, 1.54) is 0 Å². The number of nitrogens with zero attached hydrogens (tertiary/aromatic N) is 1. The SMILES string of the molecule is CCCN(CC(=O)NC1CCCCNC1=O)C(C)c1ccccc1Br. The van der Waals surface area contributed by atoms with Gasteiger partial charge in [-0.3, -0.25) is 14.5 Å². The Kier molecular flexibility index (Phi) is 7.90. The third-order valence-electron chi connectivity index (χ3n) is 4.63. The van der Waals surface area contributed by atoms with Crippen molar-refractivity contribution in [3.63, 3.8) is 0 Å². The van der Waals surface area contributed by atoms with Gasteiger partial charge in [-0.1, -0.05) is 41.1 Å². The first-order valence-electron chi connectivity index (χ1n) is 9.08. The Labute approximate surface area is 158 Å². The number of carbonyl (C=O) groups excluding carboxylic acids is 2. The van der Waals surface area contributed by atoms with Gasteiger partial charge in [0.05, 0.1) is 6.54 Å². The van der Waals surface area contributed by atoms with Crippen LogP contribution in [-0.4, -0.2) is 42.4 Å². The third-order valence-corrected chi connectivity index (χ3v) is 5.35. The summed E-state index contributed by atoms with van der Waals surface area (Å²) < 4.78 is 1.05. The van der Waals surface area contributed by atoms with E-state index in [1.807, 2.05) is 18.2 Å². The first-order valence-corrected chi connectivity index (χ1v) is 9.87. The molecule has 2 amide bonds. The van der Waals surface area contributed by atoms with Crippen molar-refractivity contribution in [2.24, 2.45) is 0 Å². The Bertz CT molecular complexity index is 594. The number of halogens is 1. The lowest BCUT2D eigenvalue weighted by molar-refractivity contribution is -0.129. The first kappa shape index (κ1) is 19.9. The summed E-state index contributed by atoms with van der Waals surface area (Å²) in [7, 11) is 0. The van der Waals surface area contributed by atoms with Crippen molar-refractivity contribution in [2.75, 3.05) is 19.6 Å². The van der Waals surface area contributed by atoms with Crippen LogP contribution in [0, 0.1) is 0 Å². The molecule has 2 unspecified atom stereocenters. The largest absolute Gasteiger partial charge is 0.354 e. The van der Waals surface area contributed by atoms with Gasteiger partial charge >= 0.3 is 0 Å². The number of hydrogen-bond donors (Lipinski definition) is 2. The van der Waals surface area contributed by atoms with Crippen LogP contribution in [0.1, 0.15) is 51.1 Å². The molecule has 0 aliphatic carbocycles. The fourth-order valence-electron chi connectivity index (χ4n) is 3.21. The average Bonchev–Trinajstić information content (AvgIpc) is 2.79. The van der Waals surface area contributed by atoms with Gasteiger partial charge in [0, 0.05) is 17.1 Å². The van der Waals surface area contributed by atoms with Gasteiger partial charge in [0.1, 0.15) is 6.04 Å². The van der Waals surface area contributed by atoms with Crippen molar-refractivity contribution in [3.05, 3.63) is 34.3 Å². The highest BCUT2D eigenvalue weighted by Gasteiger charge is 2.25. The molecule has 1 aromatic carbocycles. The molecular weight excluding hydrogens is 382 g/mol. The Morgan fingerprint density at radius 2 is 2.16 bits per heavy atom. The lowest BCUT2D eigenvalue weighted by Gasteiger charge is -2.29. The van der Waals surface area contributed by atoms with Gasteiger partial charge in [-0.05, 0) is 50.8 Å². The third kappa shape index (κ3) is 5.82. The molecule has 1 saturated heterocycles. The van der Waals surface area contributed by atoms with Crippen LogP contribution >= 0.6 is 15.9 Å². The molecule has 0 saturated carbocycles. The molecule has 2 rings (SSSR count). The van der Waals surface area contributed by atoms with Gasteiger partial charge in [-0.2, -0.15) is 0 Å². The van der Waals surface area contributed by atoms with Crippen LogP contribution in [-0.2, 0) is 9.59 Å². The number of hydrogen-bond acceptors (Lipinski definition) is 3. The second-order valence-electron chi connectivity index (χ2n) is 6.57. The van der Waals surface area contributed by atoms with Crippen molar-refractivity contribution < 1.29 is 9.59 Å². The topological polar surface area (TPSA) is 61.4 Å². The fraction of sp³-hybridized carbons (Fsp3) is 0.579. The molecule has 1 aliphatic heterocycles. The van der Waals surface area contributed by atoms with Gasteiger partial charge in [0.15, 0.2) is 0 Å². The number of carbonyl (C=O) groups is 2. The number of amides is 2. The van der Waals surface area contributed by atoms with E-state index >= 15 is 0 Å².